The van der Waals surface area contributed by atoms with Gasteiger partial charge in [0.1, 0.15) is 17.3 Å². The van der Waals surface area contributed by atoms with Crippen molar-refractivity contribution in [2.75, 3.05) is 0 Å². The molecular formula is C24H38O7. The van der Waals surface area contributed by atoms with Crippen molar-refractivity contribution in [3.8, 4) is 0 Å². The third-order valence-electron chi connectivity index (χ3n) is 7.67. The maximum Gasteiger partial charge on any atom is 0.303 e. The molecule has 0 aromatic carbocycles. The summed E-state index contributed by atoms with van der Waals surface area (Å²) in [6.07, 6.45) is -0.749. The summed E-state index contributed by atoms with van der Waals surface area (Å²) in [5.74, 6) is -1.21. The molecule has 7 heteroatoms. The van der Waals surface area contributed by atoms with E-state index in [9.17, 15) is 19.8 Å². The zero-order valence-electron chi connectivity index (χ0n) is 19.6. The second kappa shape index (κ2) is 8.49. The number of hydrogen-bond donors (Lipinski definition) is 2. The molecule has 2 aliphatic heterocycles. The number of fused-ring (bicyclic) bond motifs is 5. The van der Waals surface area contributed by atoms with E-state index in [1.54, 1.807) is 0 Å². The predicted octanol–water partition coefficient (Wildman–Crippen LogP) is 2.77. The van der Waals surface area contributed by atoms with Crippen LogP contribution >= 0.6 is 0 Å². The Morgan fingerprint density at radius 2 is 1.71 bits per heavy atom. The van der Waals surface area contributed by atoms with E-state index in [4.69, 9.17) is 14.2 Å². The Hall–Kier alpha value is -1.44. The lowest BCUT2D eigenvalue weighted by molar-refractivity contribution is -0.193. The third-order valence-corrected chi connectivity index (χ3v) is 7.67. The van der Waals surface area contributed by atoms with Crippen LogP contribution in [0.3, 0.4) is 0 Å². The van der Waals surface area contributed by atoms with Crippen LogP contribution < -0.4 is 0 Å². The molecule has 9 atom stereocenters. The average Bonchev–Trinajstić information content (AvgIpc) is 2.98. The van der Waals surface area contributed by atoms with Gasteiger partial charge in [0.05, 0.1) is 18.3 Å². The van der Waals surface area contributed by atoms with Crippen LogP contribution in [0.25, 0.3) is 0 Å². The van der Waals surface area contributed by atoms with Crippen molar-refractivity contribution in [2.24, 2.45) is 23.7 Å². The van der Waals surface area contributed by atoms with Gasteiger partial charge in [-0.25, -0.2) is 0 Å². The first-order valence-corrected chi connectivity index (χ1v) is 11.4. The van der Waals surface area contributed by atoms with E-state index in [1.165, 1.54) is 13.8 Å². The average molecular weight is 439 g/mol. The standard InChI is InChI=1S/C24H38O7/c1-12(2)19-17(28)11-24(7,31-15(5)26)21-18-10-13(3)16(27)8-9-23(6,30-14(4)25)22(29-18)20(19)21/h12,16-22,27-28H,3,8-11H2,1-2,4-7H3/t16-,17+,18+,19-,20+,21+,22+,23+,24+/m0/s1. The number of ether oxygens (including phenoxy) is 3. The molecule has 176 valence electrons. The van der Waals surface area contributed by atoms with Gasteiger partial charge in [-0.15, -0.1) is 0 Å². The Kier molecular flexibility index (Phi) is 6.63. The molecule has 1 saturated carbocycles. The van der Waals surface area contributed by atoms with Crippen LogP contribution in [0.5, 0.6) is 0 Å². The highest BCUT2D eigenvalue weighted by Gasteiger charge is 2.66. The molecule has 31 heavy (non-hydrogen) atoms. The topological polar surface area (TPSA) is 102 Å². The molecule has 2 saturated heterocycles. The molecule has 0 unspecified atom stereocenters. The molecule has 2 N–H and O–H groups in total. The second-order valence-electron chi connectivity index (χ2n) is 10.5. The van der Waals surface area contributed by atoms with Gasteiger partial charge in [0.15, 0.2) is 0 Å². The lowest BCUT2D eigenvalue weighted by Crippen LogP contribution is -2.60. The monoisotopic (exact) mass is 438 g/mol. The lowest BCUT2D eigenvalue weighted by atomic mass is 9.56. The van der Waals surface area contributed by atoms with Crippen LogP contribution in [-0.4, -0.2) is 57.8 Å². The van der Waals surface area contributed by atoms with Gasteiger partial charge in [0, 0.05) is 32.1 Å². The molecule has 1 aliphatic carbocycles. The quantitative estimate of drug-likeness (QED) is 0.516. The van der Waals surface area contributed by atoms with Crippen molar-refractivity contribution in [1.82, 2.24) is 0 Å². The molecule has 0 aromatic rings. The number of hydrogen-bond acceptors (Lipinski definition) is 7. The van der Waals surface area contributed by atoms with Gasteiger partial charge in [-0.3, -0.25) is 9.59 Å². The van der Waals surface area contributed by atoms with Crippen LogP contribution in [0.2, 0.25) is 0 Å². The molecule has 3 aliphatic rings. The number of aliphatic hydroxyl groups is 2. The number of carbonyl (C=O) groups is 2. The Morgan fingerprint density at radius 1 is 1.13 bits per heavy atom. The predicted molar refractivity (Wildman–Crippen MR) is 114 cm³/mol. The summed E-state index contributed by atoms with van der Waals surface area (Å²) in [6, 6.07) is 0. The first-order chi connectivity index (χ1) is 14.3. The Morgan fingerprint density at radius 3 is 2.26 bits per heavy atom. The SMILES string of the molecule is C=C1C[C@H]2O[C@H]([C@@H]3[C@@H](C(C)C)[C@H](O)C[C@@](C)(OC(C)=O)[C@@H]32)[C@](C)(OC(C)=O)CC[C@@H]1O. The van der Waals surface area contributed by atoms with Crippen molar-refractivity contribution >= 4 is 11.9 Å². The minimum absolute atomic E-state index is 0.115. The second-order valence-corrected chi connectivity index (χ2v) is 10.5. The summed E-state index contributed by atoms with van der Waals surface area (Å²) >= 11 is 0. The van der Waals surface area contributed by atoms with Crippen LogP contribution in [0.15, 0.2) is 12.2 Å². The van der Waals surface area contributed by atoms with Gasteiger partial charge in [0.2, 0.25) is 0 Å². The van der Waals surface area contributed by atoms with Crippen molar-refractivity contribution in [2.45, 2.75) is 103 Å². The molecule has 3 fully saturated rings. The molecule has 2 bridgehead atoms. The Balaban J connectivity index is 2.17. The zero-order chi connectivity index (χ0) is 23.3. The summed E-state index contributed by atoms with van der Waals surface area (Å²) < 4.78 is 18.3. The number of aliphatic hydroxyl groups excluding tert-OH is 2. The molecular weight excluding hydrogens is 400 g/mol. The molecule has 0 aromatic heterocycles. The lowest BCUT2D eigenvalue weighted by Gasteiger charge is -2.52. The fourth-order valence-electron chi connectivity index (χ4n) is 6.64. The Bertz CT molecular complexity index is 733. The van der Waals surface area contributed by atoms with Crippen molar-refractivity contribution in [3.63, 3.8) is 0 Å². The van der Waals surface area contributed by atoms with Crippen molar-refractivity contribution in [3.05, 3.63) is 12.2 Å². The summed E-state index contributed by atoms with van der Waals surface area (Å²) in [7, 11) is 0. The normalized spacial score (nSPS) is 45.3. The molecule has 0 radical (unpaired) electrons. The van der Waals surface area contributed by atoms with Gasteiger partial charge < -0.3 is 24.4 Å². The third kappa shape index (κ3) is 4.41. The molecule has 0 amide bonds. The fourth-order valence-corrected chi connectivity index (χ4v) is 6.64. The molecule has 2 heterocycles. The van der Waals surface area contributed by atoms with E-state index in [0.29, 0.717) is 31.3 Å². The first-order valence-electron chi connectivity index (χ1n) is 11.4. The van der Waals surface area contributed by atoms with E-state index >= 15 is 0 Å². The van der Waals surface area contributed by atoms with Gasteiger partial charge in [-0.1, -0.05) is 20.4 Å². The van der Waals surface area contributed by atoms with Crippen LogP contribution in [0, 0.1) is 23.7 Å². The molecule has 0 spiro atoms. The summed E-state index contributed by atoms with van der Waals surface area (Å²) in [5, 5.41) is 21.8. The van der Waals surface area contributed by atoms with Gasteiger partial charge in [0.25, 0.3) is 0 Å². The van der Waals surface area contributed by atoms with Crippen molar-refractivity contribution < 1.29 is 34.0 Å². The maximum atomic E-state index is 12.1. The summed E-state index contributed by atoms with van der Waals surface area (Å²) in [5.41, 5.74) is -1.27. The smallest absolute Gasteiger partial charge is 0.303 e. The van der Waals surface area contributed by atoms with Crippen LogP contribution in [0.1, 0.15) is 67.2 Å². The fraction of sp³-hybridized carbons (Fsp3) is 0.833. The highest BCUT2D eigenvalue weighted by Crippen LogP contribution is 2.58. The van der Waals surface area contributed by atoms with E-state index in [-0.39, 0.29) is 29.8 Å². The van der Waals surface area contributed by atoms with Crippen molar-refractivity contribution in [1.29, 1.82) is 0 Å². The molecule has 7 nitrogen and oxygen atoms in total. The summed E-state index contributed by atoms with van der Waals surface area (Å²) in [6.45, 7) is 14.7. The number of rotatable bonds is 3. The van der Waals surface area contributed by atoms with Crippen LogP contribution in [0.4, 0.5) is 0 Å². The number of carbonyl (C=O) groups excluding carboxylic acids is 2. The highest BCUT2D eigenvalue weighted by atomic mass is 16.6. The van der Waals surface area contributed by atoms with E-state index in [0.717, 1.165) is 0 Å². The summed E-state index contributed by atoms with van der Waals surface area (Å²) in [4.78, 5) is 24.1. The zero-order valence-corrected chi connectivity index (χ0v) is 19.6. The van der Waals surface area contributed by atoms with Crippen LogP contribution in [-0.2, 0) is 23.8 Å². The van der Waals surface area contributed by atoms with Gasteiger partial charge >= 0.3 is 11.9 Å². The largest absolute Gasteiger partial charge is 0.459 e. The maximum absolute atomic E-state index is 12.1. The minimum Gasteiger partial charge on any atom is -0.459 e. The van der Waals surface area contributed by atoms with E-state index < -0.39 is 41.5 Å². The highest BCUT2D eigenvalue weighted by molar-refractivity contribution is 5.67. The van der Waals surface area contributed by atoms with Gasteiger partial charge in [-0.2, -0.15) is 0 Å². The van der Waals surface area contributed by atoms with Gasteiger partial charge in [-0.05, 0) is 50.5 Å². The molecule has 3 rings (SSSR count). The van der Waals surface area contributed by atoms with E-state index in [1.807, 2.05) is 13.8 Å². The number of esters is 2. The first kappa shape index (κ1) is 24.2. The minimum atomic E-state index is -0.990. The van der Waals surface area contributed by atoms with E-state index in [2.05, 4.69) is 20.4 Å². The Labute approximate surface area is 185 Å².